The summed E-state index contributed by atoms with van der Waals surface area (Å²) in [5.74, 6) is 0. The van der Waals surface area contributed by atoms with Crippen molar-refractivity contribution in [1.82, 2.24) is 4.98 Å². The van der Waals surface area contributed by atoms with Gasteiger partial charge in [0.2, 0.25) is 0 Å². The number of hydrogen-bond acceptors (Lipinski definition) is 2. The van der Waals surface area contributed by atoms with Crippen molar-refractivity contribution in [3.8, 4) is 0 Å². The van der Waals surface area contributed by atoms with Crippen molar-refractivity contribution in [1.29, 1.82) is 0 Å². The van der Waals surface area contributed by atoms with E-state index in [-0.39, 0.29) is 0 Å². The number of halogens is 1. The quantitative estimate of drug-likeness (QED) is 0.652. The predicted octanol–water partition coefficient (Wildman–Crippen LogP) is 2.78. The lowest BCUT2D eigenvalue weighted by Crippen LogP contribution is -1.90. The van der Waals surface area contributed by atoms with Crippen molar-refractivity contribution >= 4 is 28.2 Å². The second-order valence-electron chi connectivity index (χ2n) is 3.06. The van der Waals surface area contributed by atoms with E-state index in [1.807, 2.05) is 31.2 Å². The zero-order chi connectivity index (χ0) is 9.42. The zero-order valence-electron chi connectivity index (χ0n) is 7.21. The van der Waals surface area contributed by atoms with Gasteiger partial charge in [0.1, 0.15) is 0 Å². The van der Waals surface area contributed by atoms with Crippen molar-refractivity contribution in [3.63, 3.8) is 0 Å². The van der Waals surface area contributed by atoms with Crippen LogP contribution in [0.5, 0.6) is 0 Å². The molecule has 2 rings (SSSR count). The molecular formula is C10H9ClN2. The molecule has 1 aromatic heterocycles. The van der Waals surface area contributed by atoms with Crippen LogP contribution in [0.1, 0.15) is 5.56 Å². The van der Waals surface area contributed by atoms with Gasteiger partial charge in [-0.2, -0.15) is 0 Å². The normalized spacial score (nSPS) is 10.6. The number of rotatable bonds is 0. The molecule has 66 valence electrons. The van der Waals surface area contributed by atoms with E-state index in [9.17, 15) is 0 Å². The molecule has 0 aliphatic heterocycles. The summed E-state index contributed by atoms with van der Waals surface area (Å²) in [4.78, 5) is 4.18. The van der Waals surface area contributed by atoms with Crippen LogP contribution in [0, 0.1) is 6.92 Å². The third-order valence-corrected chi connectivity index (χ3v) is 2.26. The van der Waals surface area contributed by atoms with Gasteiger partial charge in [-0.25, -0.2) is 4.98 Å². The lowest BCUT2D eigenvalue weighted by Gasteiger charge is -2.01. The van der Waals surface area contributed by atoms with Crippen LogP contribution in [-0.2, 0) is 0 Å². The van der Waals surface area contributed by atoms with Crippen LogP contribution in [0.2, 0.25) is 5.15 Å². The average Bonchev–Trinajstić information content (AvgIpc) is 2.08. The number of nitrogens with zero attached hydrogens (tertiary/aromatic N) is 1. The van der Waals surface area contributed by atoms with Gasteiger partial charge >= 0.3 is 0 Å². The molecule has 0 bridgehead atoms. The Balaban J connectivity index is 2.81. The van der Waals surface area contributed by atoms with Gasteiger partial charge in [-0.15, -0.1) is 0 Å². The summed E-state index contributed by atoms with van der Waals surface area (Å²) in [6.45, 7) is 2.02. The molecule has 0 saturated carbocycles. The molecular weight excluding hydrogens is 184 g/mol. The molecule has 0 atom stereocenters. The minimum absolute atomic E-state index is 0.373. The average molecular weight is 193 g/mol. The largest absolute Gasteiger partial charge is 0.396 e. The second-order valence-corrected chi connectivity index (χ2v) is 3.42. The summed E-state index contributed by atoms with van der Waals surface area (Å²) in [6, 6.07) is 7.84. The molecule has 0 fully saturated rings. The highest BCUT2D eigenvalue weighted by molar-refractivity contribution is 6.32. The van der Waals surface area contributed by atoms with Gasteiger partial charge in [0, 0.05) is 5.39 Å². The maximum Gasteiger partial charge on any atom is 0.152 e. The zero-order valence-corrected chi connectivity index (χ0v) is 7.97. The Morgan fingerprint density at radius 3 is 2.85 bits per heavy atom. The number of hydrogen-bond donors (Lipinski definition) is 1. The Kier molecular flexibility index (Phi) is 1.85. The Hall–Kier alpha value is -1.28. The van der Waals surface area contributed by atoms with E-state index in [0.29, 0.717) is 10.8 Å². The van der Waals surface area contributed by atoms with E-state index in [4.69, 9.17) is 17.3 Å². The maximum atomic E-state index is 5.80. The molecule has 2 aromatic rings. The molecule has 1 aromatic carbocycles. The number of benzene rings is 1. The number of anilines is 1. The SMILES string of the molecule is Cc1ccc2cc(N)c(Cl)nc2c1. The van der Waals surface area contributed by atoms with Gasteiger partial charge in [-0.1, -0.05) is 23.7 Å². The lowest BCUT2D eigenvalue weighted by atomic mass is 10.1. The molecule has 0 saturated heterocycles. The summed E-state index contributed by atoms with van der Waals surface area (Å²) in [5.41, 5.74) is 8.21. The monoisotopic (exact) mass is 192 g/mol. The Labute approximate surface area is 81.3 Å². The fraction of sp³-hybridized carbons (Fsp3) is 0.100. The Morgan fingerprint density at radius 2 is 2.08 bits per heavy atom. The summed E-state index contributed by atoms with van der Waals surface area (Å²) < 4.78 is 0. The Bertz CT molecular complexity index is 466. The molecule has 0 amide bonds. The summed E-state index contributed by atoms with van der Waals surface area (Å²) >= 11 is 5.80. The van der Waals surface area contributed by atoms with E-state index in [1.165, 1.54) is 5.56 Å². The number of pyridine rings is 1. The van der Waals surface area contributed by atoms with Crippen LogP contribution in [0.25, 0.3) is 10.9 Å². The molecule has 0 aliphatic carbocycles. The van der Waals surface area contributed by atoms with Crippen molar-refractivity contribution in [2.45, 2.75) is 6.92 Å². The third kappa shape index (κ3) is 1.45. The molecule has 0 radical (unpaired) electrons. The van der Waals surface area contributed by atoms with Crippen molar-refractivity contribution in [2.75, 3.05) is 5.73 Å². The molecule has 1 heterocycles. The first-order chi connectivity index (χ1) is 6.16. The molecule has 0 aliphatic rings. The second kappa shape index (κ2) is 2.89. The van der Waals surface area contributed by atoms with Crippen LogP contribution < -0.4 is 5.73 Å². The summed E-state index contributed by atoms with van der Waals surface area (Å²) in [6.07, 6.45) is 0. The summed E-state index contributed by atoms with van der Waals surface area (Å²) in [7, 11) is 0. The van der Waals surface area contributed by atoms with Crippen LogP contribution in [0.4, 0.5) is 5.69 Å². The fourth-order valence-electron chi connectivity index (χ4n) is 1.27. The van der Waals surface area contributed by atoms with E-state index >= 15 is 0 Å². The first-order valence-electron chi connectivity index (χ1n) is 3.99. The number of aromatic nitrogens is 1. The molecule has 13 heavy (non-hydrogen) atoms. The van der Waals surface area contributed by atoms with Crippen molar-refractivity contribution < 1.29 is 0 Å². The number of nitrogen functional groups attached to an aromatic ring is 1. The van der Waals surface area contributed by atoms with Crippen LogP contribution >= 0.6 is 11.6 Å². The van der Waals surface area contributed by atoms with Crippen LogP contribution in [0.3, 0.4) is 0 Å². The lowest BCUT2D eigenvalue weighted by molar-refractivity contribution is 1.39. The summed E-state index contributed by atoms with van der Waals surface area (Å²) in [5, 5.41) is 1.39. The van der Waals surface area contributed by atoms with Crippen LogP contribution in [-0.4, -0.2) is 4.98 Å². The first kappa shape index (κ1) is 8.32. The van der Waals surface area contributed by atoms with E-state index < -0.39 is 0 Å². The van der Waals surface area contributed by atoms with E-state index in [0.717, 1.165) is 10.9 Å². The van der Waals surface area contributed by atoms with Crippen molar-refractivity contribution in [2.24, 2.45) is 0 Å². The molecule has 0 spiro atoms. The molecule has 2 nitrogen and oxygen atoms in total. The van der Waals surface area contributed by atoms with Gasteiger partial charge in [0.05, 0.1) is 11.2 Å². The van der Waals surface area contributed by atoms with Gasteiger partial charge in [-0.3, -0.25) is 0 Å². The van der Waals surface area contributed by atoms with Crippen molar-refractivity contribution in [3.05, 3.63) is 35.0 Å². The van der Waals surface area contributed by atoms with E-state index in [2.05, 4.69) is 4.98 Å². The molecule has 3 heteroatoms. The van der Waals surface area contributed by atoms with Crippen LogP contribution in [0.15, 0.2) is 24.3 Å². The highest BCUT2D eigenvalue weighted by Crippen LogP contribution is 2.22. The molecule has 0 unspecified atom stereocenters. The topological polar surface area (TPSA) is 38.9 Å². The minimum Gasteiger partial charge on any atom is -0.396 e. The third-order valence-electron chi connectivity index (χ3n) is 1.95. The number of fused-ring (bicyclic) bond motifs is 1. The minimum atomic E-state index is 0.373. The standard InChI is InChI=1S/C10H9ClN2/c1-6-2-3-7-5-8(12)10(11)13-9(7)4-6/h2-5H,12H2,1H3. The van der Waals surface area contributed by atoms with E-state index in [1.54, 1.807) is 0 Å². The first-order valence-corrected chi connectivity index (χ1v) is 4.37. The molecule has 2 N–H and O–H groups in total. The number of aryl methyl sites for hydroxylation is 1. The van der Waals surface area contributed by atoms with Gasteiger partial charge in [0.15, 0.2) is 5.15 Å². The maximum absolute atomic E-state index is 5.80. The van der Waals surface area contributed by atoms with Gasteiger partial charge in [0.25, 0.3) is 0 Å². The number of nitrogens with two attached hydrogens (primary N) is 1. The van der Waals surface area contributed by atoms with Gasteiger partial charge < -0.3 is 5.73 Å². The van der Waals surface area contributed by atoms with Gasteiger partial charge in [-0.05, 0) is 24.6 Å². The highest BCUT2D eigenvalue weighted by Gasteiger charge is 2.00. The highest BCUT2D eigenvalue weighted by atomic mass is 35.5. The Morgan fingerprint density at radius 1 is 1.31 bits per heavy atom. The fourth-order valence-corrected chi connectivity index (χ4v) is 1.42. The smallest absolute Gasteiger partial charge is 0.152 e. The predicted molar refractivity (Wildman–Crippen MR) is 55.9 cm³/mol.